The van der Waals surface area contributed by atoms with Crippen molar-refractivity contribution in [2.45, 2.75) is 30.3 Å². The second kappa shape index (κ2) is 7.36. The number of aromatic nitrogens is 2. The van der Waals surface area contributed by atoms with Gasteiger partial charge in [-0.1, -0.05) is 29.8 Å². The highest BCUT2D eigenvalue weighted by Gasteiger charge is 2.40. The summed E-state index contributed by atoms with van der Waals surface area (Å²) in [6, 6.07) is 9.98. The molecule has 27 heavy (non-hydrogen) atoms. The van der Waals surface area contributed by atoms with E-state index in [9.17, 15) is 10.2 Å². The Morgan fingerprint density at radius 3 is 2.63 bits per heavy atom. The van der Waals surface area contributed by atoms with E-state index in [1.807, 2.05) is 29.2 Å². The summed E-state index contributed by atoms with van der Waals surface area (Å²) in [7, 11) is 0. The first kappa shape index (κ1) is 18.6. The maximum absolute atomic E-state index is 10.3. The third-order valence-corrected chi connectivity index (χ3v) is 6.22. The molecule has 2 saturated heterocycles. The highest BCUT2D eigenvalue weighted by Crippen LogP contribution is 2.42. The Hall–Kier alpha value is -1.73. The van der Waals surface area contributed by atoms with Crippen molar-refractivity contribution in [3.05, 3.63) is 52.8 Å². The van der Waals surface area contributed by atoms with Gasteiger partial charge in [-0.25, -0.2) is 9.97 Å². The lowest BCUT2D eigenvalue weighted by molar-refractivity contribution is 0.00470. The van der Waals surface area contributed by atoms with Crippen LogP contribution in [0.3, 0.4) is 0 Å². The average Bonchev–Trinajstić information content (AvgIpc) is 3.12. The number of halogens is 1. The van der Waals surface area contributed by atoms with Crippen molar-refractivity contribution in [3.8, 4) is 0 Å². The number of β-amino-alcohol motifs (C(OH)–C–C–N with tert-alkyl or cyclic N) is 1. The van der Waals surface area contributed by atoms with E-state index in [0.29, 0.717) is 25.5 Å². The summed E-state index contributed by atoms with van der Waals surface area (Å²) in [5.74, 6) is 0.599. The Morgan fingerprint density at radius 1 is 1.15 bits per heavy atom. The minimum atomic E-state index is -1.07. The lowest BCUT2D eigenvalue weighted by Crippen LogP contribution is -2.42. The van der Waals surface area contributed by atoms with Gasteiger partial charge >= 0.3 is 0 Å². The van der Waals surface area contributed by atoms with Crippen LogP contribution in [0.15, 0.2) is 36.5 Å². The van der Waals surface area contributed by atoms with Gasteiger partial charge in [0, 0.05) is 23.2 Å². The lowest BCUT2D eigenvalue weighted by Gasteiger charge is -2.38. The van der Waals surface area contributed by atoms with Crippen LogP contribution in [0.5, 0.6) is 0 Å². The van der Waals surface area contributed by atoms with Crippen LogP contribution in [0.2, 0.25) is 5.02 Å². The molecule has 1 aromatic heterocycles. The van der Waals surface area contributed by atoms with Gasteiger partial charge in [-0.3, -0.25) is 0 Å². The first-order valence-corrected chi connectivity index (χ1v) is 9.82. The lowest BCUT2D eigenvalue weighted by atomic mass is 9.70. The molecule has 7 heteroatoms. The number of hydrogen-bond acceptors (Lipinski definition) is 6. The van der Waals surface area contributed by atoms with Crippen molar-refractivity contribution in [3.63, 3.8) is 0 Å². The number of aliphatic hydroxyl groups excluding tert-OH is 1. The molecule has 6 nitrogen and oxygen atoms in total. The summed E-state index contributed by atoms with van der Waals surface area (Å²) >= 11 is 6.59. The van der Waals surface area contributed by atoms with Gasteiger partial charge < -0.3 is 20.4 Å². The number of nitrogens with one attached hydrogen (secondary N) is 1. The predicted molar refractivity (Wildman–Crippen MR) is 105 cm³/mol. The molecule has 0 radical (unpaired) electrons. The van der Waals surface area contributed by atoms with Crippen molar-refractivity contribution < 1.29 is 10.2 Å². The van der Waals surface area contributed by atoms with Crippen molar-refractivity contribution >= 4 is 17.5 Å². The number of nitrogens with zero attached hydrogens (tertiary/aromatic N) is 3. The Balaban J connectivity index is 1.73. The number of hydrogen-bond donors (Lipinski definition) is 3. The van der Waals surface area contributed by atoms with E-state index in [-0.39, 0.29) is 12.0 Å². The molecule has 1 aromatic carbocycles. The SMILES string of the molecule is OCC1(O)CCN(c2nccc(C3(c4ccccc4Cl)CCNCC3)n2)C1. The van der Waals surface area contributed by atoms with Gasteiger partial charge in [0.2, 0.25) is 5.95 Å². The molecule has 0 bridgehead atoms. The monoisotopic (exact) mass is 388 g/mol. The first-order chi connectivity index (χ1) is 13.1. The van der Waals surface area contributed by atoms with E-state index < -0.39 is 5.60 Å². The Labute approximate surface area is 164 Å². The van der Waals surface area contributed by atoms with Gasteiger partial charge in [0.15, 0.2) is 0 Å². The molecule has 144 valence electrons. The van der Waals surface area contributed by atoms with Crippen LogP contribution in [-0.2, 0) is 5.41 Å². The fraction of sp³-hybridized carbons (Fsp3) is 0.500. The van der Waals surface area contributed by atoms with Gasteiger partial charge in [-0.15, -0.1) is 0 Å². The number of rotatable bonds is 4. The molecule has 1 unspecified atom stereocenters. The molecule has 2 fully saturated rings. The van der Waals surface area contributed by atoms with Gasteiger partial charge in [-0.2, -0.15) is 0 Å². The zero-order valence-corrected chi connectivity index (χ0v) is 16.0. The molecule has 1 atom stereocenters. The van der Waals surface area contributed by atoms with Gasteiger partial charge in [-0.05, 0) is 50.0 Å². The Bertz CT molecular complexity index is 812. The van der Waals surface area contributed by atoms with Gasteiger partial charge in [0.05, 0.1) is 18.8 Å². The van der Waals surface area contributed by atoms with Crippen LogP contribution in [0, 0.1) is 0 Å². The molecule has 0 saturated carbocycles. The van der Waals surface area contributed by atoms with Crippen LogP contribution < -0.4 is 10.2 Å². The standard InChI is InChI=1S/C20H25ClN4O2/c21-16-4-2-1-3-15(16)20(6-10-22-11-7-20)17-5-9-23-18(24-17)25-12-8-19(27,13-25)14-26/h1-5,9,22,26-27H,6-8,10-14H2. The quantitative estimate of drug-likeness (QED) is 0.740. The Morgan fingerprint density at radius 2 is 1.93 bits per heavy atom. The summed E-state index contributed by atoms with van der Waals surface area (Å²) in [4.78, 5) is 11.3. The maximum atomic E-state index is 10.3. The minimum absolute atomic E-state index is 0.252. The summed E-state index contributed by atoms with van der Waals surface area (Å²) in [5, 5.41) is 24.0. The van der Waals surface area contributed by atoms with Crippen molar-refractivity contribution in [2.24, 2.45) is 0 Å². The highest BCUT2D eigenvalue weighted by atomic mass is 35.5. The van der Waals surface area contributed by atoms with E-state index >= 15 is 0 Å². The van der Waals surface area contributed by atoms with E-state index in [4.69, 9.17) is 16.6 Å². The van der Waals surface area contributed by atoms with Crippen LogP contribution in [0.25, 0.3) is 0 Å². The van der Waals surface area contributed by atoms with Gasteiger partial charge in [0.25, 0.3) is 0 Å². The van der Waals surface area contributed by atoms with Crippen molar-refractivity contribution in [2.75, 3.05) is 37.7 Å². The summed E-state index contributed by atoms with van der Waals surface area (Å²) < 4.78 is 0. The maximum Gasteiger partial charge on any atom is 0.225 e. The highest BCUT2D eigenvalue weighted by molar-refractivity contribution is 6.31. The van der Waals surface area contributed by atoms with E-state index in [0.717, 1.165) is 42.2 Å². The second-order valence-electron chi connectivity index (χ2n) is 7.61. The molecule has 4 rings (SSSR count). The molecule has 3 N–H and O–H groups in total. The molecular formula is C20H25ClN4O2. The third-order valence-electron chi connectivity index (χ3n) is 5.89. The number of piperidine rings is 1. The summed E-state index contributed by atoms with van der Waals surface area (Å²) in [5.41, 5.74) is 0.732. The zero-order chi connectivity index (χ0) is 18.9. The number of anilines is 1. The molecule has 0 amide bonds. The van der Waals surface area contributed by atoms with Crippen LogP contribution >= 0.6 is 11.6 Å². The largest absolute Gasteiger partial charge is 0.393 e. The van der Waals surface area contributed by atoms with Crippen LogP contribution in [0.4, 0.5) is 5.95 Å². The summed E-state index contributed by atoms with van der Waals surface area (Å²) in [6.07, 6.45) is 4.12. The van der Waals surface area contributed by atoms with E-state index in [2.05, 4.69) is 16.4 Å². The summed E-state index contributed by atoms with van der Waals surface area (Å²) in [6.45, 7) is 2.52. The van der Waals surface area contributed by atoms with E-state index in [1.165, 1.54) is 0 Å². The fourth-order valence-corrected chi connectivity index (χ4v) is 4.61. The van der Waals surface area contributed by atoms with Crippen LogP contribution in [-0.4, -0.2) is 58.6 Å². The first-order valence-electron chi connectivity index (χ1n) is 9.44. The molecule has 2 aliphatic rings. The average molecular weight is 389 g/mol. The Kier molecular flexibility index (Phi) is 5.07. The predicted octanol–water partition coefficient (Wildman–Crippen LogP) is 1.73. The molecule has 2 aliphatic heterocycles. The van der Waals surface area contributed by atoms with E-state index in [1.54, 1.807) is 6.20 Å². The molecule has 2 aromatic rings. The minimum Gasteiger partial charge on any atom is -0.393 e. The molecule has 0 spiro atoms. The molecule has 0 aliphatic carbocycles. The topological polar surface area (TPSA) is 81.5 Å². The van der Waals surface area contributed by atoms with Crippen molar-refractivity contribution in [1.82, 2.24) is 15.3 Å². The third kappa shape index (κ3) is 3.43. The second-order valence-corrected chi connectivity index (χ2v) is 8.02. The smallest absolute Gasteiger partial charge is 0.225 e. The normalized spacial score (nSPS) is 24.9. The van der Waals surface area contributed by atoms with Crippen LogP contribution in [0.1, 0.15) is 30.5 Å². The van der Waals surface area contributed by atoms with Crippen molar-refractivity contribution in [1.29, 1.82) is 0 Å². The number of aliphatic hydroxyl groups is 2. The molecular weight excluding hydrogens is 364 g/mol. The zero-order valence-electron chi connectivity index (χ0n) is 15.2. The molecule has 3 heterocycles. The number of benzene rings is 1. The fourth-order valence-electron chi connectivity index (χ4n) is 4.29. The van der Waals surface area contributed by atoms with Gasteiger partial charge in [0.1, 0.15) is 5.60 Å².